The molecule has 2 aromatic rings. The lowest BCUT2D eigenvalue weighted by Gasteiger charge is -2.04. The average Bonchev–Trinajstić information content (AvgIpc) is 2.45. The first-order valence-electron chi connectivity index (χ1n) is 6.72. The highest BCUT2D eigenvalue weighted by Crippen LogP contribution is 2.07. The van der Waals surface area contributed by atoms with Gasteiger partial charge in [-0.1, -0.05) is 6.58 Å². The second-order valence-corrected chi connectivity index (χ2v) is 4.46. The second kappa shape index (κ2) is 8.88. The van der Waals surface area contributed by atoms with Crippen molar-refractivity contribution < 1.29 is 9.53 Å². The van der Waals surface area contributed by atoms with E-state index in [1.54, 1.807) is 15.0 Å². The molecule has 0 atom stereocenters. The molecular weight excluding hydrogens is 336 g/mol. The number of rotatable bonds is 4. The van der Waals surface area contributed by atoms with Crippen LogP contribution in [0, 0.1) is 0 Å². The Morgan fingerprint density at radius 2 is 1.60 bits per heavy atom. The molecule has 0 aliphatic rings. The first kappa shape index (κ1) is 19.4. The number of hydrogen-bond acceptors (Lipinski definition) is 10. The van der Waals surface area contributed by atoms with Gasteiger partial charge in [-0.15, -0.1) is 0 Å². The van der Waals surface area contributed by atoms with Gasteiger partial charge in [-0.3, -0.25) is 15.0 Å². The molecule has 0 saturated heterocycles. The Kier molecular flexibility index (Phi) is 6.90. The third kappa shape index (κ3) is 7.00. The van der Waals surface area contributed by atoms with E-state index in [0.717, 1.165) is 0 Å². The molecule has 13 nitrogen and oxygen atoms in total. The van der Waals surface area contributed by atoms with Crippen molar-refractivity contribution in [2.45, 2.75) is 13.3 Å². The lowest BCUT2D eigenvalue weighted by molar-refractivity contribution is -0.130. The quantitative estimate of drug-likeness (QED) is 0.281. The fourth-order valence-electron chi connectivity index (χ4n) is 1.28. The molecule has 0 aromatic carbocycles. The summed E-state index contributed by atoms with van der Waals surface area (Å²) < 4.78 is 4.82. The van der Waals surface area contributed by atoms with Crippen LogP contribution in [-0.4, -0.2) is 42.4 Å². The molecule has 7 N–H and O–H groups in total. The van der Waals surface area contributed by atoms with Gasteiger partial charge < -0.3 is 16.2 Å². The average molecular weight is 352 g/mol. The highest BCUT2D eigenvalue weighted by atomic mass is 16.5. The summed E-state index contributed by atoms with van der Waals surface area (Å²) in [5.74, 6) is -0.230. The number of esters is 1. The molecule has 0 radical (unpaired) electrons. The number of nitrogens with zero attached hydrogens (tertiary/aromatic N) is 3. The molecule has 0 fully saturated rings. The highest BCUT2D eigenvalue weighted by Gasteiger charge is 2.10. The van der Waals surface area contributed by atoms with Gasteiger partial charge in [-0.25, -0.2) is 19.2 Å². The van der Waals surface area contributed by atoms with Crippen molar-refractivity contribution in [3.05, 3.63) is 49.4 Å². The molecule has 0 bridgehead atoms. The Hall–Kier alpha value is -3.61. The number of carbonyl (C=O) groups excluding carboxylic acids is 1. The number of ether oxygens (including phenoxy) is 1. The molecule has 0 amide bonds. The number of nitrogens with two attached hydrogens (primary N) is 2. The normalized spacial score (nSPS) is 9.68. The Morgan fingerprint density at radius 1 is 1.08 bits per heavy atom. The standard InChI is InChI=1S/C9H13N5O2.C3H3N3O3/c1-5(2)7(15)16-9-13-6(3-4-10)12-8(11)14-9;7-1-4-2(8)6-3(9)5-1/h1,3-4,10H2,2H3,(H2,11,12,13,14);(H3,4,5,6,7,8,9). The van der Waals surface area contributed by atoms with Gasteiger partial charge in [0, 0.05) is 12.0 Å². The lowest BCUT2D eigenvalue weighted by Crippen LogP contribution is -2.34. The summed E-state index contributed by atoms with van der Waals surface area (Å²) in [5.41, 5.74) is 8.61. The van der Waals surface area contributed by atoms with Crippen LogP contribution in [0.1, 0.15) is 12.7 Å². The second-order valence-electron chi connectivity index (χ2n) is 4.46. The minimum Gasteiger partial charge on any atom is -0.387 e. The largest absolute Gasteiger partial charge is 0.387 e. The third-order valence-corrected chi connectivity index (χ3v) is 2.26. The summed E-state index contributed by atoms with van der Waals surface area (Å²) in [6.07, 6.45) is 0.435. The molecule has 0 unspecified atom stereocenters. The van der Waals surface area contributed by atoms with Gasteiger partial charge in [0.15, 0.2) is 0 Å². The Balaban J connectivity index is 0.000000293. The predicted octanol–water partition coefficient (Wildman–Crippen LogP) is -2.81. The van der Waals surface area contributed by atoms with Crippen LogP contribution < -0.4 is 33.3 Å². The van der Waals surface area contributed by atoms with Crippen molar-refractivity contribution in [3.8, 4) is 6.01 Å². The van der Waals surface area contributed by atoms with Crippen molar-refractivity contribution >= 4 is 11.9 Å². The summed E-state index contributed by atoms with van der Waals surface area (Å²) >= 11 is 0. The van der Waals surface area contributed by atoms with Gasteiger partial charge in [0.25, 0.3) is 0 Å². The maximum atomic E-state index is 11.2. The minimum atomic E-state index is -0.802. The summed E-state index contributed by atoms with van der Waals surface area (Å²) in [7, 11) is 0. The van der Waals surface area contributed by atoms with Crippen LogP contribution in [0.3, 0.4) is 0 Å². The van der Waals surface area contributed by atoms with E-state index in [-0.39, 0.29) is 17.5 Å². The van der Waals surface area contributed by atoms with E-state index < -0.39 is 23.0 Å². The number of H-pyrrole nitrogens is 3. The van der Waals surface area contributed by atoms with Crippen LogP contribution in [0.5, 0.6) is 6.01 Å². The van der Waals surface area contributed by atoms with E-state index in [1.807, 2.05) is 0 Å². The smallest absolute Gasteiger partial charge is 0.340 e. The number of aromatic nitrogens is 6. The molecule has 0 saturated carbocycles. The van der Waals surface area contributed by atoms with Gasteiger partial charge in [0.2, 0.25) is 5.95 Å². The highest BCUT2D eigenvalue weighted by molar-refractivity contribution is 5.88. The van der Waals surface area contributed by atoms with E-state index in [2.05, 4.69) is 21.5 Å². The zero-order chi connectivity index (χ0) is 19.0. The SMILES string of the molecule is C=C(C)C(=O)Oc1nc(N)nc(CCN)n1.O=c1[nH]c(=O)[nH]c(=O)[nH]1. The van der Waals surface area contributed by atoms with Crippen molar-refractivity contribution in [2.24, 2.45) is 5.73 Å². The van der Waals surface area contributed by atoms with Crippen LogP contribution in [0.4, 0.5) is 5.95 Å². The number of hydrogen-bond donors (Lipinski definition) is 5. The minimum absolute atomic E-state index is 0.0111. The van der Waals surface area contributed by atoms with Crippen molar-refractivity contribution in [2.75, 3.05) is 12.3 Å². The van der Waals surface area contributed by atoms with E-state index in [9.17, 15) is 19.2 Å². The van der Waals surface area contributed by atoms with E-state index in [0.29, 0.717) is 18.8 Å². The summed E-state index contributed by atoms with van der Waals surface area (Å²) in [4.78, 5) is 58.5. The zero-order valence-electron chi connectivity index (χ0n) is 13.2. The van der Waals surface area contributed by atoms with Crippen LogP contribution >= 0.6 is 0 Å². The third-order valence-electron chi connectivity index (χ3n) is 2.26. The van der Waals surface area contributed by atoms with Crippen LogP contribution in [-0.2, 0) is 11.2 Å². The number of aromatic amines is 3. The molecule has 13 heteroatoms. The molecular formula is C12H16N8O5. The molecule has 2 rings (SSSR count). The fraction of sp³-hybridized carbons (Fsp3) is 0.250. The molecule has 134 valence electrons. The number of anilines is 1. The predicted molar refractivity (Wildman–Crippen MR) is 85.8 cm³/mol. The number of nitrogens with one attached hydrogen (secondary N) is 3. The van der Waals surface area contributed by atoms with Gasteiger partial charge in [0.05, 0.1) is 0 Å². The van der Waals surface area contributed by atoms with Gasteiger partial charge >= 0.3 is 29.0 Å². The molecule has 0 spiro atoms. The molecule has 2 heterocycles. The Labute approximate surface area is 139 Å². The van der Waals surface area contributed by atoms with E-state index in [1.165, 1.54) is 6.92 Å². The monoisotopic (exact) mass is 352 g/mol. The lowest BCUT2D eigenvalue weighted by atomic mass is 10.4. The number of carbonyl (C=O) groups is 1. The van der Waals surface area contributed by atoms with E-state index in [4.69, 9.17) is 16.2 Å². The van der Waals surface area contributed by atoms with Crippen molar-refractivity contribution in [1.82, 2.24) is 29.9 Å². The molecule has 2 aromatic heterocycles. The fourth-order valence-corrected chi connectivity index (χ4v) is 1.28. The maximum Gasteiger partial charge on any atom is 0.340 e. The van der Waals surface area contributed by atoms with Crippen molar-refractivity contribution in [1.29, 1.82) is 0 Å². The summed E-state index contributed by atoms with van der Waals surface area (Å²) in [6.45, 7) is 5.33. The molecule has 0 aliphatic heterocycles. The maximum absolute atomic E-state index is 11.2. The van der Waals surface area contributed by atoms with Crippen LogP contribution in [0.15, 0.2) is 26.5 Å². The van der Waals surface area contributed by atoms with Crippen LogP contribution in [0.25, 0.3) is 0 Å². The van der Waals surface area contributed by atoms with Gasteiger partial charge in [0.1, 0.15) is 5.82 Å². The summed E-state index contributed by atoms with van der Waals surface area (Å²) in [5, 5.41) is 0. The zero-order valence-corrected chi connectivity index (χ0v) is 13.2. The van der Waals surface area contributed by atoms with Crippen LogP contribution in [0.2, 0.25) is 0 Å². The first-order valence-corrected chi connectivity index (χ1v) is 6.72. The molecule has 0 aliphatic carbocycles. The van der Waals surface area contributed by atoms with Gasteiger partial charge in [-0.05, 0) is 13.5 Å². The Morgan fingerprint density at radius 3 is 2.04 bits per heavy atom. The topological polar surface area (TPSA) is 216 Å². The first-order chi connectivity index (χ1) is 11.7. The molecule has 25 heavy (non-hydrogen) atoms. The van der Waals surface area contributed by atoms with E-state index >= 15 is 0 Å². The Bertz CT molecular complexity index is 849. The summed E-state index contributed by atoms with van der Waals surface area (Å²) in [6, 6.07) is -0.135. The van der Waals surface area contributed by atoms with Gasteiger partial charge in [-0.2, -0.15) is 15.0 Å². The van der Waals surface area contributed by atoms with Crippen molar-refractivity contribution in [3.63, 3.8) is 0 Å². The number of nitrogen functional groups attached to an aromatic ring is 1.